The van der Waals surface area contributed by atoms with Crippen molar-refractivity contribution in [3.63, 3.8) is 0 Å². The molecule has 2 amide bonds. The SMILES string of the molecule is CNC(=O)c1cccc(NC(=O)[C@H]2C[C@@H]2c2ccc(C)s2)c1C. The number of carbonyl (C=O) groups is 2. The second-order valence-corrected chi connectivity index (χ2v) is 7.26. The minimum absolute atomic E-state index is 0.0381. The third kappa shape index (κ3) is 3.15. The highest BCUT2D eigenvalue weighted by Gasteiger charge is 2.44. The molecule has 0 bridgehead atoms. The topological polar surface area (TPSA) is 58.2 Å². The summed E-state index contributed by atoms with van der Waals surface area (Å²) in [6.45, 7) is 3.94. The second-order valence-electron chi connectivity index (χ2n) is 5.94. The lowest BCUT2D eigenvalue weighted by molar-refractivity contribution is -0.117. The Balaban J connectivity index is 1.71. The number of carbonyl (C=O) groups excluding carboxylic acids is 2. The van der Waals surface area contributed by atoms with Gasteiger partial charge in [0.1, 0.15) is 0 Å². The van der Waals surface area contributed by atoms with Gasteiger partial charge in [-0.25, -0.2) is 0 Å². The first-order valence-electron chi connectivity index (χ1n) is 7.70. The number of anilines is 1. The van der Waals surface area contributed by atoms with Crippen LogP contribution in [0.2, 0.25) is 0 Å². The summed E-state index contributed by atoms with van der Waals surface area (Å²) >= 11 is 1.77. The van der Waals surface area contributed by atoms with Gasteiger partial charge in [-0.05, 0) is 50.1 Å². The molecule has 0 radical (unpaired) electrons. The smallest absolute Gasteiger partial charge is 0.251 e. The lowest BCUT2D eigenvalue weighted by atomic mass is 10.1. The van der Waals surface area contributed by atoms with Crippen LogP contribution >= 0.6 is 11.3 Å². The van der Waals surface area contributed by atoms with Crippen LogP contribution < -0.4 is 10.6 Å². The summed E-state index contributed by atoms with van der Waals surface area (Å²) in [4.78, 5) is 26.9. The van der Waals surface area contributed by atoms with Crippen molar-refractivity contribution in [3.8, 4) is 0 Å². The van der Waals surface area contributed by atoms with Crippen LogP contribution in [0, 0.1) is 19.8 Å². The van der Waals surface area contributed by atoms with E-state index in [1.165, 1.54) is 9.75 Å². The monoisotopic (exact) mass is 328 g/mol. The molecule has 5 heteroatoms. The number of aryl methyl sites for hydroxylation is 1. The lowest BCUT2D eigenvalue weighted by Crippen LogP contribution is -2.21. The maximum Gasteiger partial charge on any atom is 0.251 e. The molecule has 0 spiro atoms. The van der Waals surface area contributed by atoms with Gasteiger partial charge in [0.2, 0.25) is 5.91 Å². The zero-order valence-corrected chi connectivity index (χ0v) is 14.3. The Hall–Kier alpha value is -2.14. The van der Waals surface area contributed by atoms with Gasteiger partial charge in [-0.3, -0.25) is 9.59 Å². The summed E-state index contributed by atoms with van der Waals surface area (Å²) in [6, 6.07) is 9.62. The van der Waals surface area contributed by atoms with Crippen LogP contribution in [0.3, 0.4) is 0 Å². The molecule has 1 aliphatic carbocycles. The molecule has 23 heavy (non-hydrogen) atoms. The molecule has 1 saturated carbocycles. The molecule has 1 heterocycles. The first-order chi connectivity index (χ1) is 11.0. The Kier molecular flexibility index (Phi) is 4.22. The molecule has 120 valence electrons. The average Bonchev–Trinajstić information content (AvgIpc) is 3.23. The highest BCUT2D eigenvalue weighted by Crippen LogP contribution is 2.50. The highest BCUT2D eigenvalue weighted by atomic mass is 32.1. The predicted octanol–water partition coefficient (Wildman–Crippen LogP) is 3.47. The number of hydrogen-bond acceptors (Lipinski definition) is 3. The largest absolute Gasteiger partial charge is 0.355 e. The second kappa shape index (κ2) is 6.16. The van der Waals surface area contributed by atoms with E-state index in [1.807, 2.05) is 13.0 Å². The first-order valence-corrected chi connectivity index (χ1v) is 8.51. The zero-order valence-electron chi connectivity index (χ0n) is 13.5. The van der Waals surface area contributed by atoms with Crippen LogP contribution in [-0.2, 0) is 4.79 Å². The van der Waals surface area contributed by atoms with Gasteiger partial charge in [-0.15, -0.1) is 11.3 Å². The summed E-state index contributed by atoms with van der Waals surface area (Å²) in [5.41, 5.74) is 2.10. The molecule has 1 aliphatic rings. The molecular weight excluding hydrogens is 308 g/mol. The highest BCUT2D eigenvalue weighted by molar-refractivity contribution is 7.12. The fraction of sp³-hybridized carbons (Fsp3) is 0.333. The van der Waals surface area contributed by atoms with Gasteiger partial charge in [-0.2, -0.15) is 0 Å². The molecule has 1 aromatic carbocycles. The van der Waals surface area contributed by atoms with Crippen molar-refractivity contribution in [2.75, 3.05) is 12.4 Å². The summed E-state index contributed by atoms with van der Waals surface area (Å²) in [5, 5.41) is 5.60. The molecule has 2 aromatic rings. The maximum atomic E-state index is 12.5. The Morgan fingerprint density at radius 2 is 1.96 bits per heavy atom. The maximum absolute atomic E-state index is 12.5. The van der Waals surface area contributed by atoms with E-state index < -0.39 is 0 Å². The molecule has 0 saturated heterocycles. The summed E-state index contributed by atoms with van der Waals surface area (Å²) in [6.07, 6.45) is 0.903. The van der Waals surface area contributed by atoms with Crippen molar-refractivity contribution in [3.05, 3.63) is 51.2 Å². The van der Waals surface area contributed by atoms with Gasteiger partial charge < -0.3 is 10.6 Å². The lowest BCUT2D eigenvalue weighted by Gasteiger charge is -2.11. The average molecular weight is 328 g/mol. The zero-order chi connectivity index (χ0) is 16.6. The van der Waals surface area contributed by atoms with E-state index in [1.54, 1.807) is 30.5 Å². The summed E-state index contributed by atoms with van der Waals surface area (Å²) in [5.74, 6) is 0.280. The van der Waals surface area contributed by atoms with Gasteiger partial charge >= 0.3 is 0 Å². The van der Waals surface area contributed by atoms with E-state index >= 15 is 0 Å². The molecule has 1 fully saturated rings. The number of hydrogen-bond donors (Lipinski definition) is 2. The molecule has 2 atom stereocenters. The Morgan fingerprint density at radius 1 is 1.17 bits per heavy atom. The van der Waals surface area contributed by atoms with Crippen LogP contribution in [0.15, 0.2) is 30.3 Å². The molecule has 2 N–H and O–H groups in total. The van der Waals surface area contributed by atoms with E-state index in [0.717, 1.165) is 12.0 Å². The van der Waals surface area contributed by atoms with Crippen LogP contribution in [-0.4, -0.2) is 18.9 Å². The molecule has 0 unspecified atom stereocenters. The Morgan fingerprint density at radius 3 is 2.61 bits per heavy atom. The van der Waals surface area contributed by atoms with E-state index in [9.17, 15) is 9.59 Å². The number of rotatable bonds is 4. The minimum atomic E-state index is -0.142. The minimum Gasteiger partial charge on any atom is -0.355 e. The summed E-state index contributed by atoms with van der Waals surface area (Å²) in [7, 11) is 1.60. The molecule has 1 aromatic heterocycles. The number of benzene rings is 1. The Labute approximate surface area is 139 Å². The quantitative estimate of drug-likeness (QED) is 0.903. The fourth-order valence-electron chi connectivity index (χ4n) is 2.83. The van der Waals surface area contributed by atoms with Gasteiger partial charge in [0.25, 0.3) is 5.91 Å². The molecule has 3 rings (SSSR count). The first kappa shape index (κ1) is 15.7. The molecular formula is C18H20N2O2S. The van der Waals surface area contributed by atoms with Crippen molar-refractivity contribution in [1.29, 1.82) is 0 Å². The van der Waals surface area contributed by atoms with Gasteiger partial charge in [0.15, 0.2) is 0 Å². The number of nitrogens with one attached hydrogen (secondary N) is 2. The number of thiophene rings is 1. The van der Waals surface area contributed by atoms with E-state index in [-0.39, 0.29) is 17.7 Å². The third-order valence-corrected chi connectivity index (χ3v) is 5.45. The summed E-state index contributed by atoms with van der Waals surface area (Å²) < 4.78 is 0. The van der Waals surface area contributed by atoms with E-state index in [4.69, 9.17) is 0 Å². The van der Waals surface area contributed by atoms with Gasteiger partial charge in [0, 0.05) is 39.9 Å². The van der Waals surface area contributed by atoms with Crippen molar-refractivity contribution in [1.82, 2.24) is 5.32 Å². The molecule has 4 nitrogen and oxygen atoms in total. The standard InChI is InChI=1S/C18H20N2O2S/c1-10-7-8-16(23-10)13-9-14(13)18(22)20-15-6-4-5-12(11(15)2)17(21)19-3/h4-8,13-14H,9H2,1-3H3,(H,19,21)(H,20,22)/t13-,14-/m0/s1. The third-order valence-electron chi connectivity index (χ3n) is 4.32. The fourth-order valence-corrected chi connectivity index (χ4v) is 3.88. The van der Waals surface area contributed by atoms with E-state index in [0.29, 0.717) is 17.2 Å². The van der Waals surface area contributed by atoms with Crippen LogP contribution in [0.25, 0.3) is 0 Å². The van der Waals surface area contributed by atoms with E-state index in [2.05, 4.69) is 29.7 Å². The Bertz CT molecular complexity index is 766. The van der Waals surface area contributed by atoms with Crippen molar-refractivity contribution in [2.24, 2.45) is 5.92 Å². The van der Waals surface area contributed by atoms with Crippen molar-refractivity contribution in [2.45, 2.75) is 26.2 Å². The van der Waals surface area contributed by atoms with Crippen molar-refractivity contribution < 1.29 is 9.59 Å². The van der Waals surface area contributed by atoms with Gasteiger partial charge in [0.05, 0.1) is 0 Å². The van der Waals surface area contributed by atoms with Crippen LogP contribution in [0.5, 0.6) is 0 Å². The van der Waals surface area contributed by atoms with Crippen LogP contribution in [0.1, 0.15) is 38.0 Å². The predicted molar refractivity (Wildman–Crippen MR) is 93.1 cm³/mol. The van der Waals surface area contributed by atoms with Gasteiger partial charge in [-0.1, -0.05) is 6.07 Å². The van der Waals surface area contributed by atoms with Crippen molar-refractivity contribution >= 4 is 28.8 Å². The molecule has 0 aliphatic heterocycles. The van der Waals surface area contributed by atoms with Crippen LogP contribution in [0.4, 0.5) is 5.69 Å². The number of amides is 2. The normalized spacial score (nSPS) is 19.3.